The number of ether oxygens (including phenoxy) is 2. The highest BCUT2D eigenvalue weighted by atomic mass is 16.5. The van der Waals surface area contributed by atoms with Gasteiger partial charge in [-0.3, -0.25) is 0 Å². The quantitative estimate of drug-likeness (QED) is 0.760. The highest BCUT2D eigenvalue weighted by molar-refractivity contribution is 5.62. The molecule has 21 heavy (non-hydrogen) atoms. The molecule has 0 saturated carbocycles. The van der Waals surface area contributed by atoms with Crippen LogP contribution in [-0.4, -0.2) is 37.0 Å². The van der Waals surface area contributed by atoms with Gasteiger partial charge in [-0.05, 0) is 31.0 Å². The van der Waals surface area contributed by atoms with E-state index in [0.29, 0.717) is 12.0 Å². The molecular formula is C17H19NO3. The lowest BCUT2D eigenvalue weighted by Crippen LogP contribution is -2.64. The fourth-order valence-corrected chi connectivity index (χ4v) is 5.13. The Balaban J connectivity index is 1.84. The lowest BCUT2D eigenvalue weighted by Gasteiger charge is -2.53. The van der Waals surface area contributed by atoms with Gasteiger partial charge in [0.15, 0.2) is 11.5 Å². The van der Waals surface area contributed by atoms with E-state index in [1.54, 1.807) is 7.11 Å². The van der Waals surface area contributed by atoms with Gasteiger partial charge < -0.3 is 19.9 Å². The lowest BCUT2D eigenvalue weighted by atomic mass is 9.54. The van der Waals surface area contributed by atoms with Crippen LogP contribution in [0, 0.1) is 5.92 Å². The van der Waals surface area contributed by atoms with E-state index in [1.165, 1.54) is 11.1 Å². The number of methoxy groups -OCH3 is 1. The molecule has 4 heteroatoms. The first-order chi connectivity index (χ1) is 10.3. The molecule has 2 aliphatic carbocycles. The number of hydrogen-bond donors (Lipinski definition) is 2. The molecule has 1 aromatic carbocycles. The summed E-state index contributed by atoms with van der Waals surface area (Å²) in [5.41, 5.74) is 2.57. The molecule has 1 aromatic rings. The SMILES string of the molecule is COc1ccc2c3c1O[C@H]1[C@@H](O)C=CC4[C@@H](C2)NCC[C@@]341. The van der Waals surface area contributed by atoms with Gasteiger partial charge in [-0.15, -0.1) is 0 Å². The van der Waals surface area contributed by atoms with Crippen molar-refractivity contribution < 1.29 is 14.6 Å². The molecule has 5 rings (SSSR count). The molecule has 2 aliphatic heterocycles. The third-order valence-corrected chi connectivity index (χ3v) is 5.88. The molecule has 2 heterocycles. The lowest BCUT2D eigenvalue weighted by molar-refractivity contribution is -0.0177. The maximum Gasteiger partial charge on any atom is 0.165 e. The van der Waals surface area contributed by atoms with Crippen molar-refractivity contribution in [2.45, 2.75) is 36.5 Å². The van der Waals surface area contributed by atoms with Crippen LogP contribution in [0.25, 0.3) is 0 Å². The van der Waals surface area contributed by atoms with E-state index in [4.69, 9.17) is 9.47 Å². The van der Waals surface area contributed by atoms with Crippen LogP contribution < -0.4 is 14.8 Å². The highest BCUT2D eigenvalue weighted by Crippen LogP contribution is 2.61. The number of rotatable bonds is 1. The van der Waals surface area contributed by atoms with Gasteiger partial charge in [0.25, 0.3) is 0 Å². The predicted molar refractivity (Wildman–Crippen MR) is 77.8 cm³/mol. The van der Waals surface area contributed by atoms with Crippen molar-refractivity contribution in [1.82, 2.24) is 5.32 Å². The summed E-state index contributed by atoms with van der Waals surface area (Å²) in [7, 11) is 1.68. The Morgan fingerprint density at radius 1 is 1.38 bits per heavy atom. The first-order valence-electron chi connectivity index (χ1n) is 7.72. The predicted octanol–water partition coefficient (Wildman–Crippen LogP) is 1.16. The van der Waals surface area contributed by atoms with Crippen LogP contribution >= 0.6 is 0 Å². The third kappa shape index (κ3) is 1.25. The molecule has 1 saturated heterocycles. The molecule has 0 aromatic heterocycles. The Kier molecular flexibility index (Phi) is 2.19. The Hall–Kier alpha value is -1.52. The van der Waals surface area contributed by atoms with Gasteiger partial charge in [-0.25, -0.2) is 0 Å². The summed E-state index contributed by atoms with van der Waals surface area (Å²) in [6, 6.07) is 4.62. The summed E-state index contributed by atoms with van der Waals surface area (Å²) in [4.78, 5) is 0. The van der Waals surface area contributed by atoms with Gasteiger partial charge in [-0.1, -0.05) is 18.2 Å². The number of aliphatic hydroxyl groups excluding tert-OH is 1. The fraction of sp³-hybridized carbons (Fsp3) is 0.529. The number of piperidine rings is 1. The summed E-state index contributed by atoms with van der Waals surface area (Å²) in [6.45, 7) is 0.984. The second kappa shape index (κ2) is 3.81. The second-order valence-corrected chi connectivity index (χ2v) is 6.63. The number of nitrogens with one attached hydrogen (secondary N) is 1. The Morgan fingerprint density at radius 2 is 2.29 bits per heavy atom. The van der Waals surface area contributed by atoms with Crippen LogP contribution in [-0.2, 0) is 11.8 Å². The zero-order valence-electron chi connectivity index (χ0n) is 12.0. The Morgan fingerprint density at radius 3 is 3.14 bits per heavy atom. The average molecular weight is 285 g/mol. The maximum atomic E-state index is 10.5. The second-order valence-electron chi connectivity index (χ2n) is 6.63. The van der Waals surface area contributed by atoms with E-state index < -0.39 is 6.10 Å². The van der Waals surface area contributed by atoms with Crippen LogP contribution in [0.4, 0.5) is 0 Å². The molecule has 5 atom stereocenters. The molecule has 110 valence electrons. The van der Waals surface area contributed by atoms with Gasteiger partial charge in [0.05, 0.1) is 7.11 Å². The fourth-order valence-electron chi connectivity index (χ4n) is 5.13. The number of hydrogen-bond acceptors (Lipinski definition) is 4. The third-order valence-electron chi connectivity index (χ3n) is 5.88. The van der Waals surface area contributed by atoms with Crippen LogP contribution in [0.1, 0.15) is 17.5 Å². The van der Waals surface area contributed by atoms with Crippen LogP contribution in [0.2, 0.25) is 0 Å². The normalized spacial score (nSPS) is 41.4. The molecule has 0 amide bonds. The molecule has 1 spiro atoms. The van der Waals surface area contributed by atoms with E-state index >= 15 is 0 Å². The highest BCUT2D eigenvalue weighted by Gasteiger charge is 2.63. The molecule has 1 fully saturated rings. The Labute approximate surface area is 123 Å². The van der Waals surface area contributed by atoms with E-state index in [9.17, 15) is 5.11 Å². The van der Waals surface area contributed by atoms with Crippen LogP contribution in [0.15, 0.2) is 24.3 Å². The maximum absolute atomic E-state index is 10.5. The van der Waals surface area contributed by atoms with Gasteiger partial charge >= 0.3 is 0 Å². The van der Waals surface area contributed by atoms with Crippen molar-refractivity contribution in [2.24, 2.45) is 5.92 Å². The van der Waals surface area contributed by atoms with E-state index in [-0.39, 0.29) is 11.5 Å². The topological polar surface area (TPSA) is 50.7 Å². The number of benzene rings is 1. The monoisotopic (exact) mass is 285 g/mol. The smallest absolute Gasteiger partial charge is 0.165 e. The molecular weight excluding hydrogens is 266 g/mol. The largest absolute Gasteiger partial charge is 0.493 e. The van der Waals surface area contributed by atoms with Gasteiger partial charge in [0.2, 0.25) is 0 Å². The summed E-state index contributed by atoms with van der Waals surface area (Å²) >= 11 is 0. The van der Waals surface area contributed by atoms with Crippen molar-refractivity contribution in [3.8, 4) is 11.5 Å². The van der Waals surface area contributed by atoms with Crippen molar-refractivity contribution >= 4 is 0 Å². The standard InChI is InChI=1S/C17H19NO3/c1-20-13-5-2-9-8-11-10-3-4-12(19)16-17(10,6-7-18-11)14(9)15(13)21-16/h2-5,10-12,16,18-19H,6-8H2,1H3/t10?,11-,12+,16+,17+/m1/s1. The van der Waals surface area contributed by atoms with E-state index in [1.807, 2.05) is 12.1 Å². The molecule has 2 bridgehead atoms. The number of aliphatic hydroxyl groups is 1. The van der Waals surface area contributed by atoms with E-state index in [0.717, 1.165) is 30.9 Å². The van der Waals surface area contributed by atoms with Crippen molar-refractivity contribution in [3.05, 3.63) is 35.4 Å². The Bertz CT molecular complexity index is 656. The minimum absolute atomic E-state index is 0.0818. The van der Waals surface area contributed by atoms with Crippen molar-refractivity contribution in [3.63, 3.8) is 0 Å². The molecule has 0 radical (unpaired) electrons. The van der Waals surface area contributed by atoms with Crippen molar-refractivity contribution in [2.75, 3.05) is 13.7 Å². The zero-order valence-corrected chi connectivity index (χ0v) is 12.0. The first-order valence-corrected chi connectivity index (χ1v) is 7.72. The first kappa shape index (κ1) is 12.1. The summed E-state index contributed by atoms with van der Waals surface area (Å²) in [6.07, 6.45) is 5.43. The summed E-state index contributed by atoms with van der Waals surface area (Å²) in [5, 5.41) is 14.1. The van der Waals surface area contributed by atoms with E-state index in [2.05, 4.69) is 17.5 Å². The minimum Gasteiger partial charge on any atom is -0.493 e. The minimum atomic E-state index is -0.539. The summed E-state index contributed by atoms with van der Waals surface area (Å²) < 4.78 is 11.8. The summed E-state index contributed by atoms with van der Waals surface area (Å²) in [5.74, 6) is 2.06. The zero-order chi connectivity index (χ0) is 14.2. The van der Waals surface area contributed by atoms with Gasteiger partial charge in [0.1, 0.15) is 12.2 Å². The van der Waals surface area contributed by atoms with Gasteiger partial charge in [0, 0.05) is 22.9 Å². The molecule has 4 nitrogen and oxygen atoms in total. The van der Waals surface area contributed by atoms with Gasteiger partial charge in [-0.2, -0.15) is 0 Å². The molecule has 1 unspecified atom stereocenters. The van der Waals surface area contributed by atoms with Crippen LogP contribution in [0.3, 0.4) is 0 Å². The average Bonchev–Trinajstić information content (AvgIpc) is 2.83. The van der Waals surface area contributed by atoms with Crippen LogP contribution in [0.5, 0.6) is 11.5 Å². The van der Waals surface area contributed by atoms with Crippen molar-refractivity contribution in [1.29, 1.82) is 0 Å². The molecule has 4 aliphatic rings. The molecule has 2 N–H and O–H groups in total.